The molecule has 0 fully saturated rings. The topological polar surface area (TPSA) is 68.3 Å². The van der Waals surface area contributed by atoms with Crippen LogP contribution in [-0.2, 0) is 19.7 Å². The minimum absolute atomic E-state index is 0.0695. The summed E-state index contributed by atoms with van der Waals surface area (Å²) in [5, 5.41) is 0.419. The molecule has 0 amide bonds. The zero-order valence-electron chi connectivity index (χ0n) is 37.7. The van der Waals surface area contributed by atoms with Crippen molar-refractivity contribution in [3.8, 4) is 0 Å². The summed E-state index contributed by atoms with van der Waals surface area (Å²) in [6, 6.07) is 0. The molecule has 0 saturated heterocycles. The molecule has 0 aliphatic rings. The summed E-state index contributed by atoms with van der Waals surface area (Å²) >= 11 is -7.80. The number of alkyl halides is 17. The first kappa shape index (κ1) is 63.8. The van der Waals surface area contributed by atoms with Crippen LogP contribution in [-0.4, -0.2) is 107 Å². The summed E-state index contributed by atoms with van der Waals surface area (Å²) in [6.45, 7) is 14.4. The van der Waals surface area contributed by atoms with Gasteiger partial charge in [0, 0.05) is 0 Å². The van der Waals surface area contributed by atoms with Crippen LogP contribution < -0.4 is 5.79 Å². The van der Waals surface area contributed by atoms with Crippen molar-refractivity contribution in [1.29, 1.82) is 0 Å². The van der Waals surface area contributed by atoms with Gasteiger partial charge in [-0.05, 0) is 0 Å². The fourth-order valence-electron chi connectivity index (χ4n) is 7.96. The van der Waals surface area contributed by atoms with Crippen molar-refractivity contribution in [2.45, 2.75) is 209 Å². The third-order valence-corrected chi connectivity index (χ3v) is 54.5. The van der Waals surface area contributed by atoms with Gasteiger partial charge in [0.25, 0.3) is 0 Å². The van der Waals surface area contributed by atoms with Crippen molar-refractivity contribution >= 4 is 73.6 Å². The standard InChI is InChI=1S/C16H7F17O4S3.6C4H9.2Sn/c1-2-39(34,35)7-5-38-6-8(7)40(36,37)4-3-9(17,18)10(19,20)11(21,22)12(23,24)13(25,26)14(27,28)15(29,30)16(31,32)33;6*1-3-4-2;;/h2H,1,3-4H2;6*1,3-4H2,2H3;;. The second-order valence-electron chi connectivity index (χ2n) is 17.0. The molecule has 0 radical (unpaired) electrons. The van der Waals surface area contributed by atoms with Crippen LogP contribution in [0.15, 0.2) is 21.8 Å². The van der Waals surface area contributed by atoms with Gasteiger partial charge < -0.3 is 0 Å². The molecule has 0 spiro atoms. The molecule has 0 N–H and O–H groups in total. The molecule has 0 atom stereocenters. The van der Waals surface area contributed by atoms with Gasteiger partial charge in [0.2, 0.25) is 0 Å². The van der Waals surface area contributed by atoms with Crippen molar-refractivity contribution < 1.29 is 91.5 Å². The van der Waals surface area contributed by atoms with Crippen molar-refractivity contribution in [1.82, 2.24) is 0 Å². The van der Waals surface area contributed by atoms with Crippen LogP contribution >= 0.6 is 11.3 Å². The Morgan fingerprint density at radius 2 is 0.727 bits per heavy atom. The third kappa shape index (κ3) is 12.3. The number of hydrogen-bond acceptors (Lipinski definition) is 5. The van der Waals surface area contributed by atoms with Crippen molar-refractivity contribution in [2.75, 3.05) is 5.75 Å². The number of halogens is 17. The molecule has 0 aliphatic heterocycles. The number of rotatable bonds is 32. The second kappa shape index (κ2) is 23.5. The average molecular weight is 1260 g/mol. The molecular weight excluding hydrogens is 1200 g/mol. The van der Waals surface area contributed by atoms with Crippen LogP contribution in [0.25, 0.3) is 0 Å². The van der Waals surface area contributed by atoms with E-state index in [2.05, 4.69) is 6.58 Å². The molecule has 66 heavy (non-hydrogen) atoms. The number of unbranched alkanes of at least 4 members (excludes halogenated alkanes) is 6. The molecule has 4 nitrogen and oxygen atoms in total. The Balaban J connectivity index is 4.59. The molecule has 0 bridgehead atoms. The molecule has 0 saturated carbocycles. The Kier molecular flexibility index (Phi) is 22.7. The predicted molar refractivity (Wildman–Crippen MR) is 228 cm³/mol. The SMILES string of the molecule is C=CS(=O)(=O)c1[c]([Sn]([CH2]CCC)([CH2]CCC)[CH2]CCC)s[c]([Sn]([CH2]CCC)([CH2]CCC)[CH2]CCC)c1S(=O)(=O)CCC(F)(F)C(F)(F)C(F)(F)C(F)(F)C(F)(F)C(F)(F)C(F)(F)C(F)(F)F. The Labute approximate surface area is 389 Å². The van der Waals surface area contributed by atoms with Gasteiger partial charge in [-0.25, -0.2) is 0 Å². The molecule has 1 aromatic rings. The zero-order chi connectivity index (χ0) is 51.9. The Morgan fingerprint density at radius 3 is 1.00 bits per heavy atom. The summed E-state index contributed by atoms with van der Waals surface area (Å²) in [4.78, 5) is -1.83. The van der Waals surface area contributed by atoms with E-state index in [9.17, 15) is 73.9 Å². The van der Waals surface area contributed by atoms with E-state index in [1.54, 1.807) is 0 Å². The number of sulfone groups is 2. The fourth-order valence-corrected chi connectivity index (χ4v) is 60.3. The summed E-state index contributed by atoms with van der Waals surface area (Å²) in [6.07, 6.45) is -4.39. The van der Waals surface area contributed by atoms with Crippen LogP contribution in [0.3, 0.4) is 0 Å². The Bertz CT molecular complexity index is 1910. The molecular formula is C40H61F17O4S3Sn2. The van der Waals surface area contributed by atoms with Crippen molar-refractivity contribution in [3.63, 3.8) is 0 Å². The van der Waals surface area contributed by atoms with Gasteiger partial charge >= 0.3 is 370 Å². The molecule has 390 valence electrons. The van der Waals surface area contributed by atoms with E-state index in [4.69, 9.17) is 0 Å². The van der Waals surface area contributed by atoms with Gasteiger partial charge in [-0.1, -0.05) is 0 Å². The third-order valence-electron chi connectivity index (χ3n) is 12.1. The summed E-state index contributed by atoms with van der Waals surface area (Å²) in [5.41, 5.74) is 0. The van der Waals surface area contributed by atoms with Gasteiger partial charge in [-0.3, -0.25) is 0 Å². The predicted octanol–water partition coefficient (Wildman–Crippen LogP) is 15.0. The first-order chi connectivity index (χ1) is 29.9. The molecule has 1 rings (SSSR count). The minimum atomic E-state index is -8.83. The van der Waals surface area contributed by atoms with Crippen LogP contribution in [0.2, 0.25) is 26.6 Å². The van der Waals surface area contributed by atoms with E-state index in [1.165, 1.54) is 0 Å². The van der Waals surface area contributed by atoms with Gasteiger partial charge in [0.05, 0.1) is 0 Å². The normalized spacial score (nSPS) is 14.9. The van der Waals surface area contributed by atoms with E-state index in [0.717, 1.165) is 11.3 Å². The zero-order valence-corrected chi connectivity index (χ0v) is 45.9. The summed E-state index contributed by atoms with van der Waals surface area (Å²) in [5.74, 6) is -60.8. The maximum atomic E-state index is 15.5. The van der Waals surface area contributed by atoms with Gasteiger partial charge in [0.15, 0.2) is 0 Å². The van der Waals surface area contributed by atoms with E-state index in [0.29, 0.717) is 109 Å². The minimum Gasteiger partial charge on any atom is -0.189 e. The Morgan fingerprint density at radius 1 is 0.455 bits per heavy atom. The van der Waals surface area contributed by atoms with Crippen LogP contribution in [0.4, 0.5) is 74.6 Å². The number of thiophene rings is 1. The van der Waals surface area contributed by atoms with Crippen molar-refractivity contribution in [2.24, 2.45) is 0 Å². The first-order valence-corrected chi connectivity index (χ1v) is 40.8. The quantitative estimate of drug-likeness (QED) is 0.0532. The maximum absolute atomic E-state index is 15.5. The van der Waals surface area contributed by atoms with Crippen LogP contribution in [0.5, 0.6) is 0 Å². The van der Waals surface area contributed by atoms with E-state index in [1.807, 2.05) is 41.5 Å². The van der Waals surface area contributed by atoms with Gasteiger partial charge in [0.1, 0.15) is 0 Å². The molecule has 0 aliphatic carbocycles. The molecule has 1 aromatic heterocycles. The number of hydrogen-bond donors (Lipinski definition) is 0. The molecule has 26 heteroatoms. The van der Waals surface area contributed by atoms with E-state index < -0.39 is 126 Å². The average Bonchev–Trinajstić information content (AvgIpc) is 3.66. The summed E-state index contributed by atoms with van der Waals surface area (Å²) in [7, 11) is -10.8. The summed E-state index contributed by atoms with van der Waals surface area (Å²) < 4.78 is 303. The van der Waals surface area contributed by atoms with Crippen LogP contribution in [0, 0.1) is 0 Å². The van der Waals surface area contributed by atoms with E-state index >= 15 is 17.6 Å². The van der Waals surface area contributed by atoms with Crippen LogP contribution in [0.1, 0.15) is 125 Å². The molecule has 0 aromatic carbocycles. The first-order valence-electron chi connectivity index (χ1n) is 21.8. The second-order valence-corrected chi connectivity index (χ2v) is 50.0. The van der Waals surface area contributed by atoms with Crippen molar-refractivity contribution in [3.05, 3.63) is 12.0 Å². The van der Waals surface area contributed by atoms with Gasteiger partial charge in [-0.15, -0.1) is 0 Å². The Hall–Kier alpha value is -0.253. The molecule has 0 unspecified atom stereocenters. The van der Waals surface area contributed by atoms with Gasteiger partial charge in [-0.2, -0.15) is 22.0 Å². The van der Waals surface area contributed by atoms with E-state index in [-0.39, 0.29) is 5.79 Å². The fraction of sp³-hybridized carbons (Fsp3) is 0.850. The molecule has 1 heterocycles. The smallest absolute Gasteiger partial charge is 0.189 e. The monoisotopic (exact) mass is 1260 g/mol.